The van der Waals surface area contributed by atoms with E-state index in [-0.39, 0.29) is 0 Å². The first-order valence-corrected chi connectivity index (χ1v) is 4.55. The van der Waals surface area contributed by atoms with Crippen LogP contribution in [0.5, 0.6) is 0 Å². The lowest BCUT2D eigenvalue weighted by atomic mass is 9.96. The average Bonchev–Trinajstić information content (AvgIpc) is 2.86. The number of carbonyl (C=O) groups is 1. The van der Waals surface area contributed by atoms with E-state index in [1.54, 1.807) is 12.1 Å². The lowest BCUT2D eigenvalue weighted by molar-refractivity contribution is -0.121. The molecule has 2 nitrogen and oxygen atoms in total. The zero-order valence-electron chi connectivity index (χ0n) is 7.01. The van der Waals surface area contributed by atoms with Gasteiger partial charge in [-0.25, -0.2) is 0 Å². The Hall–Kier alpha value is -1.02. The SMILES string of the molecule is [NH]C(=O)C1(c2ccc(Cl)cc2)CC1. The predicted octanol–water partition coefficient (Wildman–Crippen LogP) is 2.18. The molecule has 1 aliphatic rings. The van der Waals surface area contributed by atoms with Gasteiger partial charge in [0, 0.05) is 5.02 Å². The van der Waals surface area contributed by atoms with E-state index >= 15 is 0 Å². The Kier molecular flexibility index (Phi) is 1.81. The number of hydrogen-bond donors (Lipinski definition) is 0. The number of halogens is 1. The van der Waals surface area contributed by atoms with Gasteiger partial charge in [-0.3, -0.25) is 10.5 Å². The topological polar surface area (TPSA) is 40.9 Å². The molecule has 3 heteroatoms. The second-order valence-electron chi connectivity index (χ2n) is 3.42. The van der Waals surface area contributed by atoms with Gasteiger partial charge in [0.1, 0.15) is 0 Å². The van der Waals surface area contributed by atoms with E-state index in [0.29, 0.717) is 5.02 Å². The average molecular weight is 195 g/mol. The molecule has 0 atom stereocenters. The number of nitrogens with one attached hydrogen (secondary N) is 1. The van der Waals surface area contributed by atoms with Gasteiger partial charge in [0.25, 0.3) is 0 Å². The van der Waals surface area contributed by atoms with E-state index in [0.717, 1.165) is 18.4 Å². The Bertz CT molecular complexity index is 340. The maximum Gasteiger partial charge on any atom is 0.249 e. The molecule has 1 aromatic carbocycles. The maximum absolute atomic E-state index is 11.0. The molecule has 0 heterocycles. The van der Waals surface area contributed by atoms with E-state index in [9.17, 15) is 4.79 Å². The van der Waals surface area contributed by atoms with Crippen molar-refractivity contribution in [1.29, 1.82) is 0 Å². The van der Waals surface area contributed by atoms with Gasteiger partial charge in [-0.05, 0) is 30.5 Å². The zero-order valence-corrected chi connectivity index (χ0v) is 7.77. The van der Waals surface area contributed by atoms with Crippen LogP contribution in [0.25, 0.3) is 0 Å². The van der Waals surface area contributed by atoms with Crippen molar-refractivity contribution in [2.24, 2.45) is 0 Å². The fraction of sp³-hybridized carbons (Fsp3) is 0.300. The summed E-state index contributed by atoms with van der Waals surface area (Å²) >= 11 is 5.73. The normalized spacial score (nSPS) is 18.2. The van der Waals surface area contributed by atoms with Crippen molar-refractivity contribution in [3.05, 3.63) is 34.9 Å². The summed E-state index contributed by atoms with van der Waals surface area (Å²) in [6.45, 7) is 0. The van der Waals surface area contributed by atoms with Gasteiger partial charge in [-0.2, -0.15) is 0 Å². The summed E-state index contributed by atoms with van der Waals surface area (Å²) in [5.74, 6) is -0.477. The van der Waals surface area contributed by atoms with Gasteiger partial charge < -0.3 is 0 Å². The number of hydrogen-bond acceptors (Lipinski definition) is 1. The zero-order chi connectivity index (χ0) is 9.47. The molecule has 0 saturated heterocycles. The van der Waals surface area contributed by atoms with Crippen LogP contribution in [0.3, 0.4) is 0 Å². The smallest absolute Gasteiger partial charge is 0.249 e. The summed E-state index contributed by atoms with van der Waals surface area (Å²) in [5, 5.41) is 0.664. The van der Waals surface area contributed by atoms with Crippen LogP contribution in [-0.2, 0) is 10.2 Å². The van der Waals surface area contributed by atoms with E-state index in [1.807, 2.05) is 12.1 Å². The van der Waals surface area contributed by atoms with Crippen LogP contribution in [0.15, 0.2) is 24.3 Å². The van der Waals surface area contributed by atoms with Crippen molar-refractivity contribution in [2.45, 2.75) is 18.3 Å². The monoisotopic (exact) mass is 194 g/mol. The number of benzene rings is 1. The van der Waals surface area contributed by atoms with Crippen molar-refractivity contribution in [1.82, 2.24) is 5.73 Å². The number of rotatable bonds is 2. The van der Waals surface area contributed by atoms with Gasteiger partial charge in [-0.1, -0.05) is 23.7 Å². The largest absolute Gasteiger partial charge is 0.272 e. The highest BCUT2D eigenvalue weighted by molar-refractivity contribution is 6.30. The summed E-state index contributed by atoms with van der Waals surface area (Å²) in [6.07, 6.45) is 1.61. The van der Waals surface area contributed by atoms with E-state index in [4.69, 9.17) is 17.3 Å². The van der Waals surface area contributed by atoms with Crippen LogP contribution >= 0.6 is 11.6 Å². The lowest BCUT2D eigenvalue weighted by Crippen LogP contribution is -2.20. The van der Waals surface area contributed by atoms with Gasteiger partial charge in [0.2, 0.25) is 5.91 Å². The van der Waals surface area contributed by atoms with Crippen molar-refractivity contribution >= 4 is 17.5 Å². The molecule has 0 unspecified atom stereocenters. The van der Waals surface area contributed by atoms with Gasteiger partial charge in [0.05, 0.1) is 5.41 Å². The fourth-order valence-electron chi connectivity index (χ4n) is 1.54. The minimum atomic E-state index is -0.495. The van der Waals surface area contributed by atoms with Crippen molar-refractivity contribution in [3.8, 4) is 0 Å². The molecule has 1 amide bonds. The molecule has 1 aliphatic carbocycles. The van der Waals surface area contributed by atoms with Crippen molar-refractivity contribution in [2.75, 3.05) is 0 Å². The predicted molar refractivity (Wildman–Crippen MR) is 50.5 cm³/mol. The third-order valence-corrected chi connectivity index (χ3v) is 2.83. The maximum atomic E-state index is 11.0. The molecular weight excluding hydrogens is 186 g/mol. The van der Waals surface area contributed by atoms with Crippen LogP contribution in [0.2, 0.25) is 5.02 Å². The molecule has 67 valence electrons. The second kappa shape index (κ2) is 2.74. The molecule has 2 rings (SSSR count). The summed E-state index contributed by atoms with van der Waals surface area (Å²) in [5.41, 5.74) is 7.59. The van der Waals surface area contributed by atoms with Crippen LogP contribution < -0.4 is 5.73 Å². The first kappa shape index (κ1) is 8.57. The van der Waals surface area contributed by atoms with Crippen LogP contribution in [0, 0.1) is 0 Å². The molecule has 0 aliphatic heterocycles. The second-order valence-corrected chi connectivity index (χ2v) is 3.85. The standard InChI is InChI=1S/C10H9ClNO/c11-8-3-1-7(2-4-8)10(5-6-10)9(12)13/h1-4,12H,5-6H2. The molecule has 0 spiro atoms. The Morgan fingerprint density at radius 1 is 1.31 bits per heavy atom. The first-order chi connectivity index (χ1) is 6.15. The first-order valence-electron chi connectivity index (χ1n) is 4.17. The molecule has 13 heavy (non-hydrogen) atoms. The molecule has 0 aromatic heterocycles. The van der Waals surface area contributed by atoms with Crippen LogP contribution in [0.1, 0.15) is 18.4 Å². The molecule has 1 radical (unpaired) electrons. The van der Waals surface area contributed by atoms with Crippen molar-refractivity contribution in [3.63, 3.8) is 0 Å². The Morgan fingerprint density at radius 2 is 1.85 bits per heavy atom. The quantitative estimate of drug-likeness (QED) is 0.712. The minimum Gasteiger partial charge on any atom is -0.272 e. The Labute approximate surface area is 81.7 Å². The summed E-state index contributed by atoms with van der Waals surface area (Å²) in [4.78, 5) is 11.0. The highest BCUT2D eigenvalue weighted by Gasteiger charge is 2.50. The Morgan fingerprint density at radius 3 is 2.23 bits per heavy atom. The highest BCUT2D eigenvalue weighted by atomic mass is 35.5. The van der Waals surface area contributed by atoms with E-state index < -0.39 is 11.3 Å². The van der Waals surface area contributed by atoms with Gasteiger partial charge >= 0.3 is 0 Å². The molecule has 1 N–H and O–H groups in total. The van der Waals surface area contributed by atoms with E-state index in [2.05, 4.69) is 0 Å². The third-order valence-electron chi connectivity index (χ3n) is 2.58. The third kappa shape index (κ3) is 1.31. The van der Waals surface area contributed by atoms with Crippen LogP contribution in [0.4, 0.5) is 0 Å². The van der Waals surface area contributed by atoms with Crippen molar-refractivity contribution < 1.29 is 4.79 Å². The number of amides is 1. The van der Waals surface area contributed by atoms with E-state index in [1.165, 1.54) is 0 Å². The molecule has 1 aromatic rings. The van der Waals surface area contributed by atoms with Crippen LogP contribution in [-0.4, -0.2) is 5.91 Å². The summed E-state index contributed by atoms with van der Waals surface area (Å²) in [6, 6.07) is 7.20. The fourth-order valence-corrected chi connectivity index (χ4v) is 1.67. The number of carbonyl (C=O) groups excluding carboxylic acids is 1. The molecule has 1 saturated carbocycles. The Balaban J connectivity index is 2.36. The summed E-state index contributed by atoms with van der Waals surface area (Å²) < 4.78 is 0. The molecule has 0 bridgehead atoms. The van der Waals surface area contributed by atoms with Gasteiger partial charge in [0.15, 0.2) is 0 Å². The summed E-state index contributed by atoms with van der Waals surface area (Å²) in [7, 11) is 0. The highest BCUT2D eigenvalue weighted by Crippen LogP contribution is 2.48. The molecular formula is C10H9ClNO. The molecule has 1 fully saturated rings. The minimum absolute atomic E-state index is 0.477. The van der Waals surface area contributed by atoms with Gasteiger partial charge in [-0.15, -0.1) is 0 Å². The lowest BCUT2D eigenvalue weighted by Gasteiger charge is -2.09.